The molecule has 0 fully saturated rings. The average Bonchev–Trinajstić information content (AvgIpc) is 2.18. The van der Waals surface area contributed by atoms with Crippen LogP contribution in [0.4, 0.5) is 0 Å². The molecule has 0 saturated carbocycles. The number of nitrogens with zero attached hydrogens (tertiary/aromatic N) is 3. The summed E-state index contributed by atoms with van der Waals surface area (Å²) in [7, 11) is 3.99. The third kappa shape index (κ3) is 3.75. The molecule has 1 atom stereocenters. The van der Waals surface area contributed by atoms with E-state index in [1.807, 2.05) is 14.1 Å². The van der Waals surface area contributed by atoms with Crippen molar-refractivity contribution in [3.05, 3.63) is 24.3 Å². The zero-order valence-electron chi connectivity index (χ0n) is 9.47. The van der Waals surface area contributed by atoms with Crippen molar-refractivity contribution in [1.82, 2.24) is 14.9 Å². The summed E-state index contributed by atoms with van der Waals surface area (Å²) in [6.07, 6.45) is 5.70. The van der Waals surface area contributed by atoms with Gasteiger partial charge >= 0.3 is 0 Å². The summed E-state index contributed by atoms with van der Waals surface area (Å²) >= 11 is 0. The third-order valence-corrected chi connectivity index (χ3v) is 2.30. The molecule has 0 bridgehead atoms. The van der Waals surface area contributed by atoms with Crippen LogP contribution in [0.1, 0.15) is 25.0 Å². The molecule has 0 aliphatic heterocycles. The van der Waals surface area contributed by atoms with Gasteiger partial charge in [0.1, 0.15) is 5.78 Å². The molecule has 0 saturated heterocycles. The van der Waals surface area contributed by atoms with Gasteiger partial charge in [-0.25, -0.2) is 0 Å². The lowest BCUT2D eigenvalue weighted by Gasteiger charge is -2.15. The van der Waals surface area contributed by atoms with Crippen LogP contribution in [0, 0.1) is 0 Å². The zero-order chi connectivity index (χ0) is 11.3. The van der Waals surface area contributed by atoms with E-state index in [4.69, 9.17) is 0 Å². The Kier molecular flexibility index (Phi) is 4.37. The van der Waals surface area contributed by atoms with Crippen molar-refractivity contribution in [1.29, 1.82) is 0 Å². The summed E-state index contributed by atoms with van der Waals surface area (Å²) in [4.78, 5) is 21.7. The molecule has 4 nitrogen and oxygen atoms in total. The minimum Gasteiger partial charge on any atom is -0.309 e. The van der Waals surface area contributed by atoms with Gasteiger partial charge < -0.3 is 4.90 Å². The topological polar surface area (TPSA) is 46.1 Å². The Hall–Kier alpha value is -1.29. The molecule has 0 spiro atoms. The maximum atomic E-state index is 11.5. The maximum absolute atomic E-state index is 11.5. The van der Waals surface area contributed by atoms with Crippen LogP contribution in [-0.2, 0) is 4.79 Å². The van der Waals surface area contributed by atoms with E-state index in [1.165, 1.54) is 0 Å². The third-order valence-electron chi connectivity index (χ3n) is 2.30. The zero-order valence-corrected chi connectivity index (χ0v) is 9.47. The summed E-state index contributed by atoms with van der Waals surface area (Å²) in [5.74, 6) is 0.0263. The second kappa shape index (κ2) is 5.56. The summed E-state index contributed by atoms with van der Waals surface area (Å²) in [6, 6.07) is 0. The van der Waals surface area contributed by atoms with Crippen molar-refractivity contribution in [2.75, 3.05) is 20.6 Å². The second-order valence-corrected chi connectivity index (χ2v) is 3.89. The first kappa shape index (κ1) is 11.8. The summed E-state index contributed by atoms with van der Waals surface area (Å²) < 4.78 is 0. The normalized spacial score (nSPS) is 12.8. The van der Waals surface area contributed by atoms with Gasteiger partial charge in [-0.05, 0) is 34.0 Å². The molecule has 0 N–H and O–H groups in total. The smallest absolute Gasteiger partial charge is 0.138 e. The maximum Gasteiger partial charge on any atom is 0.138 e. The molecular formula is C11H17N3O. The van der Waals surface area contributed by atoms with Crippen LogP contribution in [0.3, 0.4) is 0 Å². The van der Waals surface area contributed by atoms with Crippen LogP contribution in [0.2, 0.25) is 0 Å². The molecule has 1 unspecified atom stereocenters. The van der Waals surface area contributed by atoms with Gasteiger partial charge in [0.25, 0.3) is 0 Å². The Bertz CT molecular complexity index is 311. The summed E-state index contributed by atoms with van der Waals surface area (Å²) in [5, 5.41) is 0. The van der Waals surface area contributed by atoms with E-state index in [0.717, 1.165) is 18.7 Å². The largest absolute Gasteiger partial charge is 0.309 e. The van der Waals surface area contributed by atoms with Gasteiger partial charge in [0, 0.05) is 18.6 Å². The first-order valence-corrected chi connectivity index (χ1v) is 5.02. The number of hydrogen-bond acceptors (Lipinski definition) is 4. The van der Waals surface area contributed by atoms with E-state index in [-0.39, 0.29) is 11.7 Å². The van der Waals surface area contributed by atoms with Crippen molar-refractivity contribution >= 4 is 5.78 Å². The van der Waals surface area contributed by atoms with Crippen molar-refractivity contribution in [3.8, 4) is 0 Å². The van der Waals surface area contributed by atoms with Gasteiger partial charge in [-0.3, -0.25) is 14.8 Å². The van der Waals surface area contributed by atoms with Gasteiger partial charge in [-0.2, -0.15) is 0 Å². The monoisotopic (exact) mass is 207 g/mol. The van der Waals surface area contributed by atoms with E-state index in [2.05, 4.69) is 14.9 Å². The number of rotatable bonds is 5. The number of carbonyl (C=O) groups excluding carboxylic acids is 1. The lowest BCUT2D eigenvalue weighted by Crippen LogP contribution is -2.20. The molecule has 1 heterocycles. The van der Waals surface area contributed by atoms with Gasteiger partial charge in [0.2, 0.25) is 0 Å². The molecular weight excluding hydrogens is 190 g/mol. The van der Waals surface area contributed by atoms with Crippen molar-refractivity contribution in [2.45, 2.75) is 19.3 Å². The second-order valence-electron chi connectivity index (χ2n) is 3.89. The van der Waals surface area contributed by atoms with Gasteiger partial charge in [-0.1, -0.05) is 0 Å². The Labute approximate surface area is 90.3 Å². The Balaban J connectivity index is 2.71. The van der Waals surface area contributed by atoms with Crippen molar-refractivity contribution < 1.29 is 4.79 Å². The minimum absolute atomic E-state index is 0.124. The first-order valence-electron chi connectivity index (χ1n) is 5.02. The van der Waals surface area contributed by atoms with E-state index in [9.17, 15) is 4.79 Å². The lowest BCUT2D eigenvalue weighted by molar-refractivity contribution is -0.118. The van der Waals surface area contributed by atoms with Crippen LogP contribution >= 0.6 is 0 Å². The number of ketones is 1. The molecule has 0 aromatic carbocycles. The Morgan fingerprint density at radius 1 is 1.47 bits per heavy atom. The Morgan fingerprint density at radius 3 is 2.67 bits per heavy atom. The van der Waals surface area contributed by atoms with Crippen LogP contribution < -0.4 is 0 Å². The number of Topliss-reactive ketones (excluding diaryl/α,β-unsaturated/α-hetero) is 1. The van der Waals surface area contributed by atoms with Crippen LogP contribution in [0.15, 0.2) is 18.6 Å². The van der Waals surface area contributed by atoms with Gasteiger partial charge in [-0.15, -0.1) is 0 Å². The fourth-order valence-electron chi connectivity index (χ4n) is 1.44. The van der Waals surface area contributed by atoms with E-state index >= 15 is 0 Å². The molecule has 0 radical (unpaired) electrons. The molecule has 0 aliphatic carbocycles. The average molecular weight is 207 g/mol. The molecule has 1 aromatic rings. The molecule has 15 heavy (non-hydrogen) atoms. The summed E-state index contributed by atoms with van der Waals surface area (Å²) in [6.45, 7) is 2.48. The highest BCUT2D eigenvalue weighted by atomic mass is 16.1. The van der Waals surface area contributed by atoms with E-state index < -0.39 is 0 Å². The molecule has 1 aromatic heterocycles. The fraction of sp³-hybridized carbons (Fsp3) is 0.545. The predicted octanol–water partition coefficient (Wildman–Crippen LogP) is 1.10. The Morgan fingerprint density at radius 2 is 2.20 bits per heavy atom. The molecule has 82 valence electrons. The van der Waals surface area contributed by atoms with Crippen molar-refractivity contribution in [2.24, 2.45) is 0 Å². The molecule has 0 aliphatic rings. The molecule has 1 rings (SSSR count). The summed E-state index contributed by atoms with van der Waals surface area (Å²) in [5.41, 5.74) is 0.770. The molecule has 0 amide bonds. The predicted molar refractivity (Wildman–Crippen MR) is 58.6 cm³/mol. The van der Waals surface area contributed by atoms with Crippen molar-refractivity contribution in [3.63, 3.8) is 0 Å². The van der Waals surface area contributed by atoms with Crippen LogP contribution in [-0.4, -0.2) is 41.3 Å². The molecule has 4 heteroatoms. The lowest BCUT2D eigenvalue weighted by atomic mass is 9.97. The van der Waals surface area contributed by atoms with Crippen LogP contribution in [0.25, 0.3) is 0 Å². The van der Waals surface area contributed by atoms with E-state index in [0.29, 0.717) is 0 Å². The van der Waals surface area contributed by atoms with E-state index in [1.54, 1.807) is 25.5 Å². The number of carbonyl (C=O) groups is 1. The quantitative estimate of drug-likeness (QED) is 0.725. The standard InChI is InChI=1S/C11H17N3O/c1-9(15)10(4-7-14(2)3)11-8-12-5-6-13-11/h5-6,8,10H,4,7H2,1-3H3. The minimum atomic E-state index is -0.124. The van der Waals surface area contributed by atoms with Gasteiger partial charge in [0.15, 0.2) is 0 Å². The fourth-order valence-corrected chi connectivity index (χ4v) is 1.44. The first-order chi connectivity index (χ1) is 7.11. The SMILES string of the molecule is CC(=O)C(CCN(C)C)c1cnccn1. The highest BCUT2D eigenvalue weighted by Crippen LogP contribution is 2.17. The van der Waals surface area contributed by atoms with Gasteiger partial charge in [0.05, 0.1) is 11.6 Å². The van der Waals surface area contributed by atoms with Crippen LogP contribution in [0.5, 0.6) is 0 Å². The number of hydrogen-bond donors (Lipinski definition) is 0. The highest BCUT2D eigenvalue weighted by molar-refractivity contribution is 5.82. The number of aromatic nitrogens is 2. The highest BCUT2D eigenvalue weighted by Gasteiger charge is 2.17.